The summed E-state index contributed by atoms with van der Waals surface area (Å²) in [6.45, 7) is 7.27. The molecule has 0 aliphatic carbocycles. The van der Waals surface area contributed by atoms with Crippen molar-refractivity contribution in [2.75, 3.05) is 38.8 Å². The minimum atomic E-state index is -0.595. The molecule has 0 atom stereocenters. The van der Waals surface area contributed by atoms with Crippen LogP contribution in [0, 0.1) is 0 Å². The van der Waals surface area contributed by atoms with Gasteiger partial charge in [0.1, 0.15) is 5.60 Å². The number of nitrogens with zero attached hydrogens (tertiary/aromatic N) is 2. The van der Waals surface area contributed by atoms with Crippen molar-refractivity contribution in [2.24, 2.45) is 0 Å². The molecule has 210 valence electrons. The zero-order chi connectivity index (χ0) is 28.2. The summed E-state index contributed by atoms with van der Waals surface area (Å²) in [4.78, 5) is 41.8. The van der Waals surface area contributed by atoms with Crippen molar-refractivity contribution in [1.82, 2.24) is 4.90 Å². The molecule has 2 heterocycles. The van der Waals surface area contributed by atoms with E-state index >= 15 is 0 Å². The number of carbonyl (C=O) groups is 3. The second-order valence-corrected chi connectivity index (χ2v) is 11.2. The Bertz CT molecular complexity index is 1230. The smallest absolute Gasteiger partial charge is 0.410 e. The van der Waals surface area contributed by atoms with Gasteiger partial charge in [-0.1, -0.05) is 6.07 Å². The maximum absolute atomic E-state index is 13.1. The van der Waals surface area contributed by atoms with Gasteiger partial charge in [-0.15, -0.1) is 0 Å². The van der Waals surface area contributed by atoms with Gasteiger partial charge in [0.15, 0.2) is 17.3 Å². The van der Waals surface area contributed by atoms with Crippen LogP contribution in [0.2, 0.25) is 0 Å². The lowest BCUT2D eigenvalue weighted by Crippen LogP contribution is -2.38. The van der Waals surface area contributed by atoms with E-state index in [1.54, 1.807) is 19.1 Å². The van der Waals surface area contributed by atoms with E-state index in [1.165, 1.54) is 0 Å². The number of carbonyl (C=O) groups excluding carboxylic acids is 3. The summed E-state index contributed by atoms with van der Waals surface area (Å²) >= 11 is 0. The summed E-state index contributed by atoms with van der Waals surface area (Å²) in [5.41, 5.74) is 4.41. The molecule has 0 N–H and O–H groups in total. The van der Waals surface area contributed by atoms with Crippen LogP contribution in [-0.2, 0) is 28.8 Å². The highest BCUT2D eigenvalue weighted by molar-refractivity contribution is 6.02. The van der Waals surface area contributed by atoms with Crippen LogP contribution in [0.5, 0.6) is 11.5 Å². The zero-order valence-electron chi connectivity index (χ0n) is 23.8. The van der Waals surface area contributed by atoms with E-state index in [4.69, 9.17) is 14.2 Å². The first-order chi connectivity index (χ1) is 18.6. The molecule has 2 aromatic rings. The number of methoxy groups -OCH3 is 2. The van der Waals surface area contributed by atoms with Crippen molar-refractivity contribution in [3.05, 3.63) is 52.6 Å². The third kappa shape index (κ3) is 6.91. The Balaban J connectivity index is 1.34. The van der Waals surface area contributed by atoms with Crippen LogP contribution in [0.25, 0.3) is 0 Å². The molecule has 0 fully saturated rings. The molecule has 0 radical (unpaired) electrons. The van der Waals surface area contributed by atoms with Gasteiger partial charge in [-0.3, -0.25) is 9.59 Å². The first kappa shape index (κ1) is 28.5. The fraction of sp³-hybridized carbons (Fsp3) is 0.516. The molecular weight excluding hydrogens is 496 g/mol. The number of hydrogen-bond donors (Lipinski definition) is 0. The van der Waals surface area contributed by atoms with Crippen LogP contribution < -0.4 is 14.4 Å². The first-order valence-corrected chi connectivity index (χ1v) is 13.8. The number of aryl methyl sites for hydroxylation is 1. The summed E-state index contributed by atoms with van der Waals surface area (Å²) in [5.74, 6) is 1.60. The number of unbranched alkanes of at least 4 members (excludes halogenated alkanes) is 1. The number of Topliss-reactive ketones (excluding diaryl/α,β-unsaturated/α-hetero) is 1. The highest BCUT2D eigenvalue weighted by Gasteiger charge is 2.32. The van der Waals surface area contributed by atoms with Gasteiger partial charge in [-0.25, -0.2) is 4.79 Å². The third-order valence-electron chi connectivity index (χ3n) is 7.23. The van der Waals surface area contributed by atoms with Gasteiger partial charge < -0.3 is 24.0 Å². The van der Waals surface area contributed by atoms with Crippen molar-refractivity contribution in [1.29, 1.82) is 0 Å². The van der Waals surface area contributed by atoms with Gasteiger partial charge in [0.2, 0.25) is 5.91 Å². The summed E-state index contributed by atoms with van der Waals surface area (Å²) in [5, 5.41) is 0. The van der Waals surface area contributed by atoms with Gasteiger partial charge >= 0.3 is 6.09 Å². The highest BCUT2D eigenvalue weighted by Crippen LogP contribution is 2.37. The Morgan fingerprint density at radius 1 is 0.923 bits per heavy atom. The number of rotatable bonds is 11. The van der Waals surface area contributed by atoms with Crippen molar-refractivity contribution in [2.45, 2.75) is 71.3 Å². The van der Waals surface area contributed by atoms with Gasteiger partial charge in [0.25, 0.3) is 0 Å². The lowest BCUT2D eigenvalue weighted by molar-refractivity contribution is -0.118. The van der Waals surface area contributed by atoms with Gasteiger partial charge in [-0.05, 0) is 93.8 Å². The molecular formula is C31H40N2O6. The maximum Gasteiger partial charge on any atom is 0.410 e. The molecule has 0 spiro atoms. The van der Waals surface area contributed by atoms with E-state index in [0.29, 0.717) is 69.7 Å². The molecule has 4 rings (SSSR count). The van der Waals surface area contributed by atoms with Gasteiger partial charge in [0, 0.05) is 38.0 Å². The second-order valence-electron chi connectivity index (χ2n) is 11.2. The molecule has 2 amide bonds. The monoisotopic (exact) mass is 536 g/mol. The fourth-order valence-corrected chi connectivity index (χ4v) is 5.27. The van der Waals surface area contributed by atoms with Gasteiger partial charge in [-0.2, -0.15) is 0 Å². The average molecular weight is 537 g/mol. The minimum Gasteiger partial charge on any atom is -0.493 e. The van der Waals surface area contributed by atoms with Crippen molar-refractivity contribution in [3.8, 4) is 11.5 Å². The Hall–Kier alpha value is -3.55. The number of hydrogen-bond acceptors (Lipinski definition) is 6. The predicted molar refractivity (Wildman–Crippen MR) is 150 cm³/mol. The van der Waals surface area contributed by atoms with Crippen LogP contribution in [0.15, 0.2) is 30.3 Å². The summed E-state index contributed by atoms with van der Waals surface area (Å²) in [7, 11) is 3.20. The standard InChI is InChI=1S/C31H40N2O6/c1-31(2,3)39-30(36)32(16-13-21-9-11-26(37-4)27(18-21)38-5)15-7-6-8-25(34)24-19-22-10-12-28(35)33-17-14-23(20-24)29(22)33/h9,11,18-20H,6-8,10,12-17H2,1-5H3. The topological polar surface area (TPSA) is 85.4 Å². The quantitative estimate of drug-likeness (QED) is 0.284. The number of ether oxygens (including phenoxy) is 3. The number of anilines is 1. The molecule has 0 saturated heterocycles. The summed E-state index contributed by atoms with van der Waals surface area (Å²) in [6.07, 6.45) is 4.07. The van der Waals surface area contributed by atoms with E-state index in [1.807, 2.05) is 56.0 Å². The zero-order valence-corrected chi connectivity index (χ0v) is 23.8. The number of amides is 2. The van der Waals surface area contributed by atoms with E-state index in [9.17, 15) is 14.4 Å². The van der Waals surface area contributed by atoms with E-state index in [0.717, 1.165) is 34.4 Å². The van der Waals surface area contributed by atoms with E-state index < -0.39 is 5.60 Å². The maximum atomic E-state index is 13.1. The SMILES string of the molecule is COc1ccc(CCN(CCCCC(=O)c2cc3c4c(c2)CCN4C(=O)CC3)C(=O)OC(C)(C)C)cc1OC. The Morgan fingerprint density at radius 3 is 2.33 bits per heavy atom. The third-order valence-corrected chi connectivity index (χ3v) is 7.23. The van der Waals surface area contributed by atoms with Crippen LogP contribution in [-0.4, -0.2) is 62.1 Å². The molecule has 0 bridgehead atoms. The molecule has 0 aromatic heterocycles. The first-order valence-electron chi connectivity index (χ1n) is 13.8. The van der Waals surface area contributed by atoms with E-state index in [2.05, 4.69) is 0 Å². The average Bonchev–Trinajstić information content (AvgIpc) is 3.34. The molecule has 39 heavy (non-hydrogen) atoms. The van der Waals surface area contributed by atoms with Crippen LogP contribution in [0.4, 0.5) is 10.5 Å². The van der Waals surface area contributed by atoms with Crippen molar-refractivity contribution < 1.29 is 28.6 Å². The Kier molecular flexibility index (Phi) is 8.83. The second kappa shape index (κ2) is 12.1. The van der Waals surface area contributed by atoms with Crippen molar-refractivity contribution >= 4 is 23.5 Å². The summed E-state index contributed by atoms with van der Waals surface area (Å²) < 4.78 is 16.4. The fourth-order valence-electron chi connectivity index (χ4n) is 5.27. The van der Waals surface area contributed by atoms with Crippen LogP contribution in [0.1, 0.15) is 73.5 Å². The summed E-state index contributed by atoms with van der Waals surface area (Å²) in [6, 6.07) is 9.69. The molecule has 0 saturated carbocycles. The highest BCUT2D eigenvalue weighted by atomic mass is 16.6. The normalized spacial score (nSPS) is 14.2. The molecule has 2 aromatic carbocycles. The number of ketones is 1. The van der Waals surface area contributed by atoms with Crippen LogP contribution >= 0.6 is 0 Å². The number of benzene rings is 2. The molecule has 8 nitrogen and oxygen atoms in total. The molecule has 8 heteroatoms. The van der Waals surface area contributed by atoms with Crippen molar-refractivity contribution in [3.63, 3.8) is 0 Å². The molecule has 0 unspecified atom stereocenters. The van der Waals surface area contributed by atoms with Gasteiger partial charge in [0.05, 0.1) is 19.9 Å². The molecule has 2 aliphatic heterocycles. The lowest BCUT2D eigenvalue weighted by atomic mass is 9.94. The molecule has 2 aliphatic rings. The Labute approximate surface area is 231 Å². The van der Waals surface area contributed by atoms with E-state index in [-0.39, 0.29) is 17.8 Å². The largest absolute Gasteiger partial charge is 0.493 e. The Morgan fingerprint density at radius 2 is 1.64 bits per heavy atom. The predicted octanol–water partition coefficient (Wildman–Crippen LogP) is 5.37. The van der Waals surface area contributed by atoms with Crippen LogP contribution in [0.3, 0.4) is 0 Å². The minimum absolute atomic E-state index is 0.110. The lowest BCUT2D eigenvalue weighted by Gasteiger charge is -2.27.